The summed E-state index contributed by atoms with van der Waals surface area (Å²) in [6, 6.07) is 29.3. The minimum Gasteiger partial charge on any atom is -0.379 e. The lowest BCUT2D eigenvalue weighted by atomic mass is 9.56. The van der Waals surface area contributed by atoms with Crippen molar-refractivity contribution in [3.63, 3.8) is 0 Å². The molecule has 3 aromatic carbocycles. The fourth-order valence-electron chi connectivity index (χ4n) is 5.87. The van der Waals surface area contributed by atoms with Gasteiger partial charge in [-0.3, -0.25) is 4.79 Å². The first-order valence-electron chi connectivity index (χ1n) is 11.8. The quantitative estimate of drug-likeness (QED) is 0.546. The van der Waals surface area contributed by atoms with Crippen molar-refractivity contribution in [3.8, 4) is 0 Å². The van der Waals surface area contributed by atoms with E-state index in [2.05, 4.69) is 0 Å². The molecule has 0 spiro atoms. The van der Waals surface area contributed by atoms with Crippen molar-refractivity contribution in [2.45, 2.75) is 43.1 Å². The lowest BCUT2D eigenvalue weighted by Crippen LogP contribution is -2.73. The van der Waals surface area contributed by atoms with Crippen LogP contribution in [0.5, 0.6) is 0 Å². The van der Waals surface area contributed by atoms with Crippen molar-refractivity contribution in [1.82, 2.24) is 4.90 Å². The average Bonchev–Trinajstić information content (AvgIpc) is 2.88. The first-order chi connectivity index (χ1) is 15.7. The second-order valence-corrected chi connectivity index (χ2v) is 9.40. The summed E-state index contributed by atoms with van der Waals surface area (Å²) < 4.78 is 0. The van der Waals surface area contributed by atoms with Crippen LogP contribution < -0.4 is 0 Å². The van der Waals surface area contributed by atoms with Crippen LogP contribution in [-0.2, 0) is 15.8 Å². The van der Waals surface area contributed by atoms with Gasteiger partial charge in [0.15, 0.2) is 0 Å². The molecule has 1 aliphatic carbocycles. The molecule has 1 amide bonds. The molecule has 3 nitrogen and oxygen atoms in total. The van der Waals surface area contributed by atoms with Gasteiger partial charge < -0.3 is 10.0 Å². The van der Waals surface area contributed by atoms with Crippen molar-refractivity contribution in [2.24, 2.45) is 5.92 Å². The van der Waals surface area contributed by atoms with Gasteiger partial charge in [-0.15, -0.1) is 0 Å². The molecule has 1 N–H and O–H groups in total. The summed E-state index contributed by atoms with van der Waals surface area (Å²) in [7, 11) is 0. The number of nitrogens with zero attached hydrogens (tertiary/aromatic N) is 1. The minimum atomic E-state index is -1.46. The molecule has 5 rings (SSSR count). The fraction of sp³-hybridized carbons (Fsp3) is 0.345. The number of aliphatic hydroxyl groups is 1. The Balaban J connectivity index is 1.62. The summed E-state index contributed by atoms with van der Waals surface area (Å²) in [6.45, 7) is 1.32. The average molecular weight is 426 g/mol. The topological polar surface area (TPSA) is 40.5 Å². The van der Waals surface area contributed by atoms with E-state index in [1.54, 1.807) is 0 Å². The summed E-state index contributed by atoms with van der Waals surface area (Å²) in [5.41, 5.74) is -0.135. The summed E-state index contributed by atoms with van der Waals surface area (Å²) in [4.78, 5) is 16.1. The van der Waals surface area contributed by atoms with Crippen LogP contribution in [0.3, 0.4) is 0 Å². The Bertz CT molecular complexity index is 1000. The number of rotatable bonds is 6. The van der Waals surface area contributed by atoms with Gasteiger partial charge in [0.1, 0.15) is 11.0 Å². The number of benzene rings is 3. The molecule has 3 heteroatoms. The number of amides is 1. The van der Waals surface area contributed by atoms with Crippen molar-refractivity contribution in [3.05, 3.63) is 108 Å². The second kappa shape index (κ2) is 8.55. The highest BCUT2D eigenvalue weighted by Gasteiger charge is 2.66. The highest BCUT2D eigenvalue weighted by atomic mass is 16.3. The summed E-state index contributed by atoms with van der Waals surface area (Å²) in [6.07, 6.45) is 6.22. The molecule has 0 bridgehead atoms. The van der Waals surface area contributed by atoms with Crippen molar-refractivity contribution in [2.75, 3.05) is 13.1 Å². The van der Waals surface area contributed by atoms with Crippen LogP contribution >= 0.6 is 0 Å². The van der Waals surface area contributed by atoms with E-state index in [4.69, 9.17) is 0 Å². The van der Waals surface area contributed by atoms with E-state index >= 15 is 0 Å². The standard InChI is InChI=1S/C29H31NO2/c31-27-28(24-15-7-2-8-16-24,22-30(27)21-23-13-5-1-6-14-23)29(32,25-17-9-3-10-18-25)26-19-11-4-12-20-26/h2-4,7-12,15-20,23,32H,1,5-6,13-14,21-22H2. The summed E-state index contributed by atoms with van der Waals surface area (Å²) in [5.74, 6) is 0.604. The Morgan fingerprint density at radius 3 is 1.78 bits per heavy atom. The van der Waals surface area contributed by atoms with Crippen LogP contribution in [-0.4, -0.2) is 29.0 Å². The highest BCUT2D eigenvalue weighted by molar-refractivity contribution is 5.97. The molecule has 1 unspecified atom stereocenters. The van der Waals surface area contributed by atoms with E-state index in [1.165, 1.54) is 32.1 Å². The fourth-order valence-corrected chi connectivity index (χ4v) is 5.87. The van der Waals surface area contributed by atoms with Crippen LogP contribution in [0.15, 0.2) is 91.0 Å². The van der Waals surface area contributed by atoms with Crippen molar-refractivity contribution in [1.29, 1.82) is 0 Å². The minimum absolute atomic E-state index is 0.0319. The Kier molecular flexibility index (Phi) is 5.60. The van der Waals surface area contributed by atoms with E-state index < -0.39 is 11.0 Å². The molecule has 164 valence electrons. The van der Waals surface area contributed by atoms with Crippen molar-refractivity contribution >= 4 is 5.91 Å². The molecule has 0 aromatic heterocycles. The Hall–Kier alpha value is -2.91. The third kappa shape index (κ3) is 3.27. The molecule has 32 heavy (non-hydrogen) atoms. The van der Waals surface area contributed by atoms with E-state index in [1.807, 2.05) is 95.9 Å². The number of likely N-dealkylation sites (tertiary alicyclic amines) is 1. The molecular weight excluding hydrogens is 394 g/mol. The van der Waals surface area contributed by atoms with E-state index in [9.17, 15) is 9.90 Å². The predicted molar refractivity (Wildman–Crippen MR) is 127 cm³/mol. The van der Waals surface area contributed by atoms with Gasteiger partial charge >= 0.3 is 0 Å². The number of β-lactam (4-membered cyclic amide) rings is 1. The molecular formula is C29H31NO2. The Morgan fingerprint density at radius 1 is 0.781 bits per heavy atom. The SMILES string of the molecule is O=C1N(CC2CCCCC2)CC1(c1ccccc1)C(O)(c1ccccc1)c1ccccc1. The molecule has 1 saturated carbocycles. The van der Waals surface area contributed by atoms with Gasteiger partial charge in [0.05, 0.1) is 0 Å². The lowest BCUT2D eigenvalue weighted by Gasteiger charge is -2.58. The zero-order valence-electron chi connectivity index (χ0n) is 18.5. The van der Waals surface area contributed by atoms with Gasteiger partial charge in [-0.1, -0.05) is 110 Å². The molecule has 2 fully saturated rings. The van der Waals surface area contributed by atoms with Crippen LogP contribution in [0, 0.1) is 5.92 Å². The van der Waals surface area contributed by atoms with E-state index in [0.29, 0.717) is 12.5 Å². The van der Waals surface area contributed by atoms with Crippen LogP contribution in [0.2, 0.25) is 0 Å². The van der Waals surface area contributed by atoms with Gasteiger partial charge in [0, 0.05) is 13.1 Å². The first-order valence-corrected chi connectivity index (χ1v) is 11.8. The largest absolute Gasteiger partial charge is 0.379 e. The van der Waals surface area contributed by atoms with Crippen LogP contribution in [0.4, 0.5) is 0 Å². The van der Waals surface area contributed by atoms with Gasteiger partial charge in [0.25, 0.3) is 0 Å². The molecule has 1 atom stereocenters. The number of carbonyl (C=O) groups is 1. The maximum absolute atomic E-state index is 14.1. The summed E-state index contributed by atoms with van der Waals surface area (Å²) in [5, 5.41) is 12.6. The zero-order chi connectivity index (χ0) is 22.0. The van der Waals surface area contributed by atoms with Gasteiger partial charge in [-0.25, -0.2) is 0 Å². The van der Waals surface area contributed by atoms with Crippen LogP contribution in [0.25, 0.3) is 0 Å². The lowest BCUT2D eigenvalue weighted by molar-refractivity contribution is -0.170. The third-order valence-electron chi connectivity index (χ3n) is 7.55. The van der Waals surface area contributed by atoms with Gasteiger partial charge in [-0.05, 0) is 35.4 Å². The highest BCUT2D eigenvalue weighted by Crippen LogP contribution is 2.53. The molecule has 1 aliphatic heterocycles. The molecule has 1 heterocycles. The Labute approximate surface area is 190 Å². The second-order valence-electron chi connectivity index (χ2n) is 9.40. The zero-order valence-corrected chi connectivity index (χ0v) is 18.5. The van der Waals surface area contributed by atoms with Crippen LogP contribution in [0.1, 0.15) is 48.8 Å². The molecule has 0 radical (unpaired) electrons. The smallest absolute Gasteiger partial charge is 0.238 e. The molecule has 1 saturated heterocycles. The third-order valence-corrected chi connectivity index (χ3v) is 7.55. The number of hydrogen-bond donors (Lipinski definition) is 1. The predicted octanol–water partition coefficient (Wildman–Crippen LogP) is 5.28. The normalized spacial score (nSPS) is 21.9. The maximum Gasteiger partial charge on any atom is 0.238 e. The monoisotopic (exact) mass is 425 g/mol. The molecule has 2 aliphatic rings. The van der Waals surface area contributed by atoms with E-state index in [-0.39, 0.29) is 5.91 Å². The van der Waals surface area contributed by atoms with Crippen molar-refractivity contribution < 1.29 is 9.90 Å². The maximum atomic E-state index is 14.1. The van der Waals surface area contributed by atoms with E-state index in [0.717, 1.165) is 23.2 Å². The summed E-state index contributed by atoms with van der Waals surface area (Å²) >= 11 is 0. The first kappa shape index (κ1) is 21.0. The molecule has 3 aromatic rings. The van der Waals surface area contributed by atoms with Gasteiger partial charge in [-0.2, -0.15) is 0 Å². The number of hydrogen-bond acceptors (Lipinski definition) is 2. The number of carbonyl (C=O) groups excluding carboxylic acids is 1. The van der Waals surface area contributed by atoms with Gasteiger partial charge in [0.2, 0.25) is 5.91 Å². The Morgan fingerprint density at radius 2 is 1.28 bits per heavy atom.